The number of nitriles is 1. The van der Waals surface area contributed by atoms with Crippen LogP contribution in [0.5, 0.6) is 5.75 Å². The highest BCUT2D eigenvalue weighted by molar-refractivity contribution is 9.10. The number of aromatic carboxylic acids is 1. The Morgan fingerprint density at radius 2 is 1.71 bits per heavy atom. The third kappa shape index (κ3) is 4.87. The van der Waals surface area contributed by atoms with E-state index in [0.717, 1.165) is 15.6 Å². The first-order valence-electron chi connectivity index (χ1n) is 8.48. The van der Waals surface area contributed by atoms with Gasteiger partial charge in [0.15, 0.2) is 0 Å². The van der Waals surface area contributed by atoms with Gasteiger partial charge in [0, 0.05) is 10.0 Å². The van der Waals surface area contributed by atoms with Crippen molar-refractivity contribution in [2.75, 3.05) is 0 Å². The minimum atomic E-state index is -1.00. The molecule has 5 heteroatoms. The van der Waals surface area contributed by atoms with Gasteiger partial charge in [0.1, 0.15) is 12.4 Å². The SMILES string of the molecule is N#CC(=Cc1cc(Br)ccc1OCc1ccccc1)c1ccc(C(=O)O)cc1. The molecule has 28 heavy (non-hydrogen) atoms. The minimum Gasteiger partial charge on any atom is -0.488 e. The normalized spacial score (nSPS) is 10.9. The van der Waals surface area contributed by atoms with Crippen LogP contribution in [0.4, 0.5) is 0 Å². The summed E-state index contributed by atoms with van der Waals surface area (Å²) in [4.78, 5) is 11.0. The number of halogens is 1. The van der Waals surface area contributed by atoms with Crippen molar-refractivity contribution in [1.82, 2.24) is 0 Å². The fraction of sp³-hybridized carbons (Fsp3) is 0.0435. The lowest BCUT2D eigenvalue weighted by Crippen LogP contribution is -1.97. The van der Waals surface area contributed by atoms with Gasteiger partial charge < -0.3 is 9.84 Å². The predicted octanol–water partition coefficient (Wildman–Crippen LogP) is 5.79. The molecule has 0 aromatic heterocycles. The average molecular weight is 434 g/mol. The van der Waals surface area contributed by atoms with Gasteiger partial charge in [0.2, 0.25) is 0 Å². The van der Waals surface area contributed by atoms with Crippen LogP contribution in [0.25, 0.3) is 11.6 Å². The number of benzene rings is 3. The lowest BCUT2D eigenvalue weighted by molar-refractivity contribution is 0.0697. The summed E-state index contributed by atoms with van der Waals surface area (Å²) in [7, 11) is 0. The maximum atomic E-state index is 11.0. The topological polar surface area (TPSA) is 70.3 Å². The van der Waals surface area contributed by atoms with Crippen LogP contribution in [0.1, 0.15) is 27.0 Å². The lowest BCUT2D eigenvalue weighted by Gasteiger charge is -2.11. The zero-order valence-electron chi connectivity index (χ0n) is 14.8. The first-order chi connectivity index (χ1) is 13.6. The summed E-state index contributed by atoms with van der Waals surface area (Å²) in [5.41, 5.74) is 3.03. The van der Waals surface area contributed by atoms with Crippen molar-refractivity contribution in [1.29, 1.82) is 5.26 Å². The Morgan fingerprint density at radius 3 is 2.36 bits per heavy atom. The van der Waals surface area contributed by atoms with Crippen LogP contribution < -0.4 is 4.74 Å². The summed E-state index contributed by atoms with van der Waals surface area (Å²) in [6.07, 6.45) is 1.74. The first kappa shape index (κ1) is 19.4. The quantitative estimate of drug-likeness (QED) is 0.394. The predicted molar refractivity (Wildman–Crippen MR) is 112 cm³/mol. The van der Waals surface area contributed by atoms with Gasteiger partial charge in [-0.25, -0.2) is 4.79 Å². The van der Waals surface area contributed by atoms with Gasteiger partial charge in [-0.3, -0.25) is 0 Å². The maximum Gasteiger partial charge on any atom is 0.335 e. The molecule has 0 aliphatic rings. The van der Waals surface area contributed by atoms with Gasteiger partial charge in [-0.1, -0.05) is 58.4 Å². The Bertz CT molecular complexity index is 1050. The monoisotopic (exact) mass is 433 g/mol. The summed E-state index contributed by atoms with van der Waals surface area (Å²) < 4.78 is 6.82. The van der Waals surface area contributed by atoms with Gasteiger partial charge in [-0.05, 0) is 47.5 Å². The third-order valence-corrected chi connectivity index (χ3v) is 4.57. The second-order valence-electron chi connectivity index (χ2n) is 6.01. The number of allylic oxidation sites excluding steroid dienone is 1. The lowest BCUT2D eigenvalue weighted by atomic mass is 10.0. The smallest absolute Gasteiger partial charge is 0.335 e. The Morgan fingerprint density at radius 1 is 1.04 bits per heavy atom. The molecule has 0 atom stereocenters. The molecule has 4 nitrogen and oxygen atoms in total. The summed E-state index contributed by atoms with van der Waals surface area (Å²) in [5, 5.41) is 18.6. The second kappa shape index (κ2) is 9.03. The molecule has 3 aromatic carbocycles. The summed E-state index contributed by atoms with van der Waals surface area (Å²) >= 11 is 3.45. The molecule has 0 spiro atoms. The van der Waals surface area contributed by atoms with E-state index in [1.165, 1.54) is 12.1 Å². The fourth-order valence-electron chi connectivity index (χ4n) is 2.63. The molecule has 0 unspecified atom stereocenters. The fourth-order valence-corrected chi connectivity index (χ4v) is 3.01. The number of carboxylic acid groups (broad SMARTS) is 1. The highest BCUT2D eigenvalue weighted by Gasteiger charge is 2.08. The molecular formula is C23H16BrNO3. The number of nitrogens with zero attached hydrogens (tertiary/aromatic N) is 1. The van der Waals surface area contributed by atoms with E-state index in [9.17, 15) is 10.1 Å². The zero-order chi connectivity index (χ0) is 19.9. The number of rotatable bonds is 6. The Kier molecular flexibility index (Phi) is 6.25. The van der Waals surface area contributed by atoms with Crippen molar-refractivity contribution in [3.63, 3.8) is 0 Å². The molecule has 1 N–H and O–H groups in total. The number of carboxylic acids is 1. The molecule has 138 valence electrons. The van der Waals surface area contributed by atoms with Crippen molar-refractivity contribution in [2.24, 2.45) is 0 Å². The Balaban J connectivity index is 1.91. The molecule has 0 saturated heterocycles. The van der Waals surface area contributed by atoms with Gasteiger partial charge in [0.05, 0.1) is 17.2 Å². The van der Waals surface area contributed by atoms with Crippen LogP contribution in [0.3, 0.4) is 0 Å². The largest absolute Gasteiger partial charge is 0.488 e. The van der Waals surface area contributed by atoms with E-state index in [1.807, 2.05) is 48.5 Å². The van der Waals surface area contributed by atoms with E-state index in [0.29, 0.717) is 23.5 Å². The molecule has 0 bridgehead atoms. The second-order valence-corrected chi connectivity index (χ2v) is 6.92. The molecule has 0 fully saturated rings. The molecule has 0 aliphatic carbocycles. The van der Waals surface area contributed by atoms with Crippen molar-refractivity contribution in [3.05, 3.63) is 99.5 Å². The van der Waals surface area contributed by atoms with E-state index in [1.54, 1.807) is 18.2 Å². The van der Waals surface area contributed by atoms with Gasteiger partial charge in [-0.15, -0.1) is 0 Å². The van der Waals surface area contributed by atoms with Crippen LogP contribution in [0, 0.1) is 11.3 Å². The standard InChI is InChI=1S/C23H16BrNO3/c24-21-10-11-22(28-15-16-4-2-1-3-5-16)19(13-21)12-20(14-25)17-6-8-18(9-7-17)23(26)27/h1-13H,15H2,(H,26,27). The van der Waals surface area contributed by atoms with E-state index in [2.05, 4.69) is 22.0 Å². The average Bonchev–Trinajstić information content (AvgIpc) is 2.72. The van der Waals surface area contributed by atoms with E-state index in [4.69, 9.17) is 9.84 Å². The van der Waals surface area contributed by atoms with Crippen molar-refractivity contribution >= 4 is 33.5 Å². The van der Waals surface area contributed by atoms with E-state index < -0.39 is 5.97 Å². The van der Waals surface area contributed by atoms with Crippen LogP contribution in [0.2, 0.25) is 0 Å². The highest BCUT2D eigenvalue weighted by Crippen LogP contribution is 2.28. The van der Waals surface area contributed by atoms with E-state index >= 15 is 0 Å². The van der Waals surface area contributed by atoms with Crippen LogP contribution in [-0.2, 0) is 6.61 Å². The van der Waals surface area contributed by atoms with Crippen molar-refractivity contribution < 1.29 is 14.6 Å². The van der Waals surface area contributed by atoms with Gasteiger partial charge in [0.25, 0.3) is 0 Å². The number of hydrogen-bond donors (Lipinski definition) is 1. The summed E-state index contributed by atoms with van der Waals surface area (Å²) in [6, 6.07) is 23.8. The molecule has 0 aliphatic heterocycles. The van der Waals surface area contributed by atoms with Crippen molar-refractivity contribution in [3.8, 4) is 11.8 Å². The maximum absolute atomic E-state index is 11.0. The van der Waals surface area contributed by atoms with Gasteiger partial charge in [-0.2, -0.15) is 5.26 Å². The molecule has 3 aromatic rings. The molecule has 0 radical (unpaired) electrons. The van der Waals surface area contributed by atoms with Crippen LogP contribution >= 0.6 is 15.9 Å². The van der Waals surface area contributed by atoms with Crippen LogP contribution in [-0.4, -0.2) is 11.1 Å². The number of ether oxygens (including phenoxy) is 1. The zero-order valence-corrected chi connectivity index (χ0v) is 16.4. The van der Waals surface area contributed by atoms with Crippen molar-refractivity contribution in [2.45, 2.75) is 6.61 Å². The summed E-state index contributed by atoms with van der Waals surface area (Å²) in [5.74, 6) is -0.348. The van der Waals surface area contributed by atoms with E-state index in [-0.39, 0.29) is 5.56 Å². The van der Waals surface area contributed by atoms with Gasteiger partial charge >= 0.3 is 5.97 Å². The Labute approximate surface area is 171 Å². The number of hydrogen-bond acceptors (Lipinski definition) is 3. The molecule has 3 rings (SSSR count). The highest BCUT2D eigenvalue weighted by atomic mass is 79.9. The Hall–Kier alpha value is -3.36. The molecule has 0 heterocycles. The number of carbonyl (C=O) groups is 1. The first-order valence-corrected chi connectivity index (χ1v) is 9.28. The molecule has 0 amide bonds. The summed E-state index contributed by atoms with van der Waals surface area (Å²) in [6.45, 7) is 0.415. The third-order valence-electron chi connectivity index (χ3n) is 4.07. The molecule has 0 saturated carbocycles. The van der Waals surface area contributed by atoms with Crippen LogP contribution in [0.15, 0.2) is 77.3 Å². The molecular weight excluding hydrogens is 418 g/mol. The minimum absolute atomic E-state index is 0.176.